The Morgan fingerprint density at radius 1 is 1.12 bits per heavy atom. The van der Waals surface area contributed by atoms with Crippen molar-refractivity contribution in [3.8, 4) is 0 Å². The van der Waals surface area contributed by atoms with Crippen LogP contribution in [0.2, 0.25) is 0 Å². The van der Waals surface area contributed by atoms with Gasteiger partial charge in [0.1, 0.15) is 0 Å². The van der Waals surface area contributed by atoms with Crippen molar-refractivity contribution >= 4 is 15.9 Å². The van der Waals surface area contributed by atoms with E-state index >= 15 is 0 Å². The van der Waals surface area contributed by atoms with Crippen LogP contribution in [-0.2, 0) is 0 Å². The minimum Gasteiger partial charge on any atom is -0.329 e. The molecule has 17 heavy (non-hydrogen) atoms. The molecule has 0 saturated heterocycles. The Morgan fingerprint density at radius 3 is 2.06 bits per heavy atom. The van der Waals surface area contributed by atoms with Crippen LogP contribution in [0.1, 0.15) is 38.3 Å². The Kier molecular flexibility index (Phi) is 6.78. The van der Waals surface area contributed by atoms with Gasteiger partial charge in [0.15, 0.2) is 0 Å². The molecule has 0 heterocycles. The zero-order valence-electron chi connectivity index (χ0n) is 10.8. The van der Waals surface area contributed by atoms with Crippen molar-refractivity contribution in [2.75, 3.05) is 19.6 Å². The lowest BCUT2D eigenvalue weighted by Crippen LogP contribution is -2.35. The SMILES string of the molecule is CCCN(CCC)C(CN)c1ccc(Br)cc1. The molecule has 0 aliphatic rings. The van der Waals surface area contributed by atoms with Crippen molar-refractivity contribution in [1.82, 2.24) is 4.90 Å². The number of benzene rings is 1. The molecule has 0 saturated carbocycles. The molecule has 2 nitrogen and oxygen atoms in total. The van der Waals surface area contributed by atoms with Gasteiger partial charge in [0, 0.05) is 17.1 Å². The first kappa shape index (κ1) is 14.7. The van der Waals surface area contributed by atoms with Gasteiger partial charge in [-0.1, -0.05) is 41.9 Å². The van der Waals surface area contributed by atoms with Crippen LogP contribution in [0.15, 0.2) is 28.7 Å². The Morgan fingerprint density at radius 2 is 1.65 bits per heavy atom. The van der Waals surface area contributed by atoms with Crippen molar-refractivity contribution < 1.29 is 0 Å². The van der Waals surface area contributed by atoms with Gasteiger partial charge in [-0.3, -0.25) is 4.90 Å². The van der Waals surface area contributed by atoms with Gasteiger partial charge in [-0.05, 0) is 43.6 Å². The van der Waals surface area contributed by atoms with Gasteiger partial charge in [-0.15, -0.1) is 0 Å². The summed E-state index contributed by atoms with van der Waals surface area (Å²) >= 11 is 3.47. The van der Waals surface area contributed by atoms with E-state index in [2.05, 4.69) is 58.9 Å². The van der Waals surface area contributed by atoms with E-state index in [0.717, 1.165) is 17.6 Å². The smallest absolute Gasteiger partial charge is 0.0470 e. The predicted octanol–water partition coefficient (Wildman–Crippen LogP) is 3.57. The fraction of sp³-hybridized carbons (Fsp3) is 0.571. The molecule has 1 unspecified atom stereocenters. The van der Waals surface area contributed by atoms with Crippen LogP contribution in [-0.4, -0.2) is 24.5 Å². The fourth-order valence-electron chi connectivity index (χ4n) is 2.18. The summed E-state index contributed by atoms with van der Waals surface area (Å²) in [6.07, 6.45) is 2.35. The van der Waals surface area contributed by atoms with E-state index in [0.29, 0.717) is 12.6 Å². The van der Waals surface area contributed by atoms with Crippen LogP contribution >= 0.6 is 15.9 Å². The van der Waals surface area contributed by atoms with Gasteiger partial charge in [-0.2, -0.15) is 0 Å². The van der Waals surface area contributed by atoms with Crippen LogP contribution in [0, 0.1) is 0 Å². The van der Waals surface area contributed by atoms with E-state index in [4.69, 9.17) is 5.73 Å². The third kappa shape index (κ3) is 4.41. The highest BCUT2D eigenvalue weighted by molar-refractivity contribution is 9.10. The molecule has 1 rings (SSSR count). The maximum Gasteiger partial charge on any atom is 0.0470 e. The van der Waals surface area contributed by atoms with E-state index in [1.807, 2.05) is 0 Å². The van der Waals surface area contributed by atoms with Gasteiger partial charge >= 0.3 is 0 Å². The molecule has 0 aliphatic carbocycles. The van der Waals surface area contributed by atoms with Crippen molar-refractivity contribution in [3.05, 3.63) is 34.3 Å². The number of nitrogens with zero attached hydrogens (tertiary/aromatic N) is 1. The average Bonchev–Trinajstić information content (AvgIpc) is 2.33. The Bertz CT molecular complexity index is 305. The molecule has 0 amide bonds. The molecule has 0 bridgehead atoms. The normalized spacial score (nSPS) is 13.0. The molecule has 1 atom stereocenters. The zero-order valence-corrected chi connectivity index (χ0v) is 12.4. The Hall–Kier alpha value is -0.380. The van der Waals surface area contributed by atoms with Gasteiger partial charge < -0.3 is 5.73 Å². The highest BCUT2D eigenvalue weighted by Crippen LogP contribution is 2.22. The quantitative estimate of drug-likeness (QED) is 0.834. The number of hydrogen-bond donors (Lipinski definition) is 1. The molecular weight excluding hydrogens is 276 g/mol. The van der Waals surface area contributed by atoms with Crippen LogP contribution in [0.4, 0.5) is 0 Å². The summed E-state index contributed by atoms with van der Waals surface area (Å²) in [5.41, 5.74) is 7.27. The average molecular weight is 299 g/mol. The summed E-state index contributed by atoms with van der Waals surface area (Å²) in [5, 5.41) is 0. The number of rotatable bonds is 7. The number of nitrogens with two attached hydrogens (primary N) is 1. The van der Waals surface area contributed by atoms with Gasteiger partial charge in [0.05, 0.1) is 0 Å². The summed E-state index contributed by atoms with van der Waals surface area (Å²) in [6.45, 7) is 7.36. The van der Waals surface area contributed by atoms with Crippen LogP contribution < -0.4 is 5.73 Å². The lowest BCUT2D eigenvalue weighted by molar-refractivity contribution is 0.202. The predicted molar refractivity (Wildman–Crippen MR) is 78.1 cm³/mol. The lowest BCUT2D eigenvalue weighted by atomic mass is 10.0. The second-order valence-electron chi connectivity index (χ2n) is 4.34. The second kappa shape index (κ2) is 7.85. The standard InChI is InChI=1S/C14H23BrN2/c1-3-9-17(10-4-2)14(11-16)12-5-7-13(15)8-6-12/h5-8,14H,3-4,9-11,16H2,1-2H3. The lowest BCUT2D eigenvalue weighted by Gasteiger charge is -2.30. The van der Waals surface area contributed by atoms with Crippen molar-refractivity contribution in [2.24, 2.45) is 5.73 Å². The Balaban J connectivity index is 2.83. The van der Waals surface area contributed by atoms with Crippen molar-refractivity contribution in [1.29, 1.82) is 0 Å². The number of hydrogen-bond acceptors (Lipinski definition) is 2. The van der Waals surface area contributed by atoms with Gasteiger partial charge in [0.2, 0.25) is 0 Å². The minimum absolute atomic E-state index is 0.350. The molecular formula is C14H23BrN2. The van der Waals surface area contributed by atoms with E-state index in [-0.39, 0.29) is 0 Å². The molecule has 96 valence electrons. The Labute approximate surface area is 113 Å². The fourth-order valence-corrected chi connectivity index (χ4v) is 2.44. The first-order valence-electron chi connectivity index (χ1n) is 6.42. The van der Waals surface area contributed by atoms with Crippen LogP contribution in [0.25, 0.3) is 0 Å². The molecule has 0 fully saturated rings. The van der Waals surface area contributed by atoms with E-state index < -0.39 is 0 Å². The molecule has 0 spiro atoms. The monoisotopic (exact) mass is 298 g/mol. The summed E-state index contributed by atoms with van der Waals surface area (Å²) in [7, 11) is 0. The first-order chi connectivity index (χ1) is 8.22. The molecule has 1 aromatic rings. The highest BCUT2D eigenvalue weighted by Gasteiger charge is 2.17. The van der Waals surface area contributed by atoms with Crippen molar-refractivity contribution in [2.45, 2.75) is 32.7 Å². The molecule has 0 aromatic heterocycles. The van der Waals surface area contributed by atoms with Crippen LogP contribution in [0.3, 0.4) is 0 Å². The minimum atomic E-state index is 0.350. The molecule has 1 aromatic carbocycles. The maximum atomic E-state index is 5.95. The highest BCUT2D eigenvalue weighted by atomic mass is 79.9. The van der Waals surface area contributed by atoms with Crippen LogP contribution in [0.5, 0.6) is 0 Å². The second-order valence-corrected chi connectivity index (χ2v) is 5.25. The summed E-state index contributed by atoms with van der Waals surface area (Å²) < 4.78 is 1.12. The van der Waals surface area contributed by atoms with E-state index in [1.54, 1.807) is 0 Å². The largest absolute Gasteiger partial charge is 0.329 e. The van der Waals surface area contributed by atoms with Gasteiger partial charge in [-0.25, -0.2) is 0 Å². The topological polar surface area (TPSA) is 29.3 Å². The molecule has 3 heteroatoms. The number of halogens is 1. The third-order valence-electron chi connectivity index (χ3n) is 2.94. The summed E-state index contributed by atoms with van der Waals surface area (Å²) in [5.74, 6) is 0. The maximum absolute atomic E-state index is 5.95. The summed E-state index contributed by atoms with van der Waals surface area (Å²) in [6, 6.07) is 8.87. The summed E-state index contributed by atoms with van der Waals surface area (Å²) in [4.78, 5) is 2.49. The third-order valence-corrected chi connectivity index (χ3v) is 3.47. The molecule has 2 N–H and O–H groups in total. The molecule has 0 radical (unpaired) electrons. The first-order valence-corrected chi connectivity index (χ1v) is 7.21. The van der Waals surface area contributed by atoms with E-state index in [1.165, 1.54) is 18.4 Å². The molecule has 0 aliphatic heterocycles. The zero-order chi connectivity index (χ0) is 12.7. The van der Waals surface area contributed by atoms with Gasteiger partial charge in [0.25, 0.3) is 0 Å². The van der Waals surface area contributed by atoms with E-state index in [9.17, 15) is 0 Å². The van der Waals surface area contributed by atoms with Crippen molar-refractivity contribution in [3.63, 3.8) is 0 Å².